The highest BCUT2D eigenvalue weighted by Gasteiger charge is 2.18. The Morgan fingerprint density at radius 2 is 1.88 bits per heavy atom. The lowest BCUT2D eigenvalue weighted by atomic mass is 10.1. The molecule has 4 aromatic rings. The largest absolute Gasteiger partial charge is 0.497 e. The summed E-state index contributed by atoms with van der Waals surface area (Å²) in [5.74, 6) is 0.391. The molecule has 2 aromatic carbocycles. The molecule has 1 N–H and O–H groups in total. The molecule has 33 heavy (non-hydrogen) atoms. The number of carbonyl (C=O) groups excluding carboxylic acids is 1. The quantitative estimate of drug-likeness (QED) is 0.397. The number of anilines is 1. The van der Waals surface area contributed by atoms with E-state index in [2.05, 4.69) is 10.3 Å². The van der Waals surface area contributed by atoms with E-state index < -0.39 is 0 Å². The standard InChI is InChI=1S/C25H26N4O4/c1-32-13-7-12-28-17-26-23-21(18-8-4-3-5-9-18)15-29(24(23)25(28)31)16-22(30)27-19-10-6-11-20(14-19)33-2/h3-6,8-11,14-15,17H,7,12-13,16H2,1-2H3,(H,27,30). The minimum Gasteiger partial charge on any atom is -0.497 e. The zero-order valence-electron chi connectivity index (χ0n) is 18.7. The molecule has 0 radical (unpaired) electrons. The van der Waals surface area contributed by atoms with Crippen LogP contribution in [0.5, 0.6) is 5.75 Å². The highest BCUT2D eigenvalue weighted by molar-refractivity contribution is 5.95. The average molecular weight is 447 g/mol. The second-order valence-corrected chi connectivity index (χ2v) is 7.60. The van der Waals surface area contributed by atoms with Crippen LogP contribution in [0.25, 0.3) is 22.2 Å². The number of ether oxygens (including phenoxy) is 2. The Bertz CT molecular complexity index is 1310. The van der Waals surface area contributed by atoms with Crippen molar-refractivity contribution in [3.63, 3.8) is 0 Å². The van der Waals surface area contributed by atoms with Gasteiger partial charge < -0.3 is 19.4 Å². The van der Waals surface area contributed by atoms with Crippen molar-refractivity contribution < 1.29 is 14.3 Å². The van der Waals surface area contributed by atoms with Gasteiger partial charge in [0, 0.05) is 43.8 Å². The van der Waals surface area contributed by atoms with E-state index in [0.717, 1.165) is 11.1 Å². The van der Waals surface area contributed by atoms with Gasteiger partial charge in [0.25, 0.3) is 5.56 Å². The van der Waals surface area contributed by atoms with Crippen molar-refractivity contribution in [2.45, 2.75) is 19.5 Å². The monoisotopic (exact) mass is 446 g/mol. The number of fused-ring (bicyclic) bond motifs is 1. The molecular formula is C25H26N4O4. The van der Waals surface area contributed by atoms with Gasteiger partial charge in [0.2, 0.25) is 5.91 Å². The molecule has 0 aliphatic heterocycles. The third-order valence-electron chi connectivity index (χ3n) is 5.34. The smallest absolute Gasteiger partial charge is 0.277 e. The number of amides is 1. The molecule has 0 fully saturated rings. The number of rotatable bonds is 9. The van der Waals surface area contributed by atoms with Crippen molar-refractivity contribution in [3.05, 3.63) is 77.5 Å². The molecule has 0 unspecified atom stereocenters. The maximum atomic E-state index is 13.3. The molecule has 8 nitrogen and oxygen atoms in total. The van der Waals surface area contributed by atoms with Gasteiger partial charge in [0.05, 0.1) is 13.4 Å². The molecule has 2 aromatic heterocycles. The van der Waals surface area contributed by atoms with E-state index in [-0.39, 0.29) is 18.0 Å². The van der Waals surface area contributed by atoms with Crippen molar-refractivity contribution >= 4 is 22.6 Å². The summed E-state index contributed by atoms with van der Waals surface area (Å²) in [6, 6.07) is 16.8. The van der Waals surface area contributed by atoms with E-state index >= 15 is 0 Å². The number of aromatic nitrogens is 3. The highest BCUT2D eigenvalue weighted by atomic mass is 16.5. The number of nitrogens with one attached hydrogen (secondary N) is 1. The Kier molecular flexibility index (Phi) is 6.85. The maximum Gasteiger partial charge on any atom is 0.277 e. The summed E-state index contributed by atoms with van der Waals surface area (Å²) in [7, 11) is 3.20. The first-order valence-corrected chi connectivity index (χ1v) is 10.7. The Labute approximate surface area is 191 Å². The van der Waals surface area contributed by atoms with Gasteiger partial charge in [0.15, 0.2) is 0 Å². The molecule has 0 saturated carbocycles. The summed E-state index contributed by atoms with van der Waals surface area (Å²) in [5.41, 5.74) is 3.14. The molecule has 8 heteroatoms. The van der Waals surface area contributed by atoms with Gasteiger partial charge in [-0.05, 0) is 24.1 Å². The average Bonchev–Trinajstić information content (AvgIpc) is 3.20. The number of hydrogen-bond acceptors (Lipinski definition) is 5. The number of nitrogens with zero attached hydrogens (tertiary/aromatic N) is 3. The van der Waals surface area contributed by atoms with Crippen molar-refractivity contribution in [1.82, 2.24) is 14.1 Å². The van der Waals surface area contributed by atoms with E-state index in [1.807, 2.05) is 36.5 Å². The van der Waals surface area contributed by atoms with Crippen molar-refractivity contribution in [1.29, 1.82) is 0 Å². The van der Waals surface area contributed by atoms with E-state index in [0.29, 0.717) is 42.0 Å². The van der Waals surface area contributed by atoms with E-state index in [1.54, 1.807) is 53.9 Å². The molecule has 0 bridgehead atoms. The van der Waals surface area contributed by atoms with Crippen LogP contribution >= 0.6 is 0 Å². The lowest BCUT2D eigenvalue weighted by molar-refractivity contribution is -0.116. The van der Waals surface area contributed by atoms with Crippen LogP contribution in [0.3, 0.4) is 0 Å². The summed E-state index contributed by atoms with van der Waals surface area (Å²) < 4.78 is 13.6. The number of benzene rings is 2. The molecule has 1 amide bonds. The fourth-order valence-corrected chi connectivity index (χ4v) is 3.76. The third-order valence-corrected chi connectivity index (χ3v) is 5.34. The number of hydrogen-bond donors (Lipinski definition) is 1. The van der Waals surface area contributed by atoms with Gasteiger partial charge in [-0.1, -0.05) is 36.4 Å². The first-order valence-electron chi connectivity index (χ1n) is 10.7. The Balaban J connectivity index is 1.71. The van der Waals surface area contributed by atoms with Crippen molar-refractivity contribution in [2.75, 3.05) is 26.1 Å². The van der Waals surface area contributed by atoms with Crippen LogP contribution in [0.2, 0.25) is 0 Å². The third kappa shape index (κ3) is 4.96. The normalized spacial score (nSPS) is 11.0. The van der Waals surface area contributed by atoms with Gasteiger partial charge in [0.1, 0.15) is 23.3 Å². The second-order valence-electron chi connectivity index (χ2n) is 7.60. The second kappa shape index (κ2) is 10.1. The van der Waals surface area contributed by atoms with Crippen LogP contribution in [0.1, 0.15) is 6.42 Å². The van der Waals surface area contributed by atoms with Crippen LogP contribution in [0, 0.1) is 0 Å². The lowest BCUT2D eigenvalue weighted by Gasteiger charge is -2.09. The Hall–Kier alpha value is -3.91. The van der Waals surface area contributed by atoms with Crippen LogP contribution in [-0.4, -0.2) is 40.9 Å². The summed E-state index contributed by atoms with van der Waals surface area (Å²) in [6.07, 6.45) is 4.07. The fourth-order valence-electron chi connectivity index (χ4n) is 3.76. The first-order chi connectivity index (χ1) is 16.1. The minimum atomic E-state index is -0.256. The predicted molar refractivity (Wildman–Crippen MR) is 128 cm³/mol. The van der Waals surface area contributed by atoms with Gasteiger partial charge >= 0.3 is 0 Å². The van der Waals surface area contributed by atoms with E-state index in [4.69, 9.17) is 9.47 Å². The van der Waals surface area contributed by atoms with Crippen LogP contribution in [0.15, 0.2) is 71.9 Å². The van der Waals surface area contributed by atoms with E-state index in [9.17, 15) is 9.59 Å². The van der Waals surface area contributed by atoms with Gasteiger partial charge in [-0.3, -0.25) is 14.2 Å². The van der Waals surface area contributed by atoms with Crippen LogP contribution in [-0.2, 0) is 22.6 Å². The van der Waals surface area contributed by atoms with Gasteiger partial charge in [-0.2, -0.15) is 0 Å². The predicted octanol–water partition coefficient (Wildman–Crippen LogP) is 3.55. The van der Waals surface area contributed by atoms with Crippen LogP contribution < -0.4 is 15.6 Å². The van der Waals surface area contributed by atoms with E-state index in [1.165, 1.54) is 0 Å². The molecule has 4 rings (SSSR count). The molecular weight excluding hydrogens is 420 g/mol. The SMILES string of the molecule is COCCCn1cnc2c(-c3ccccc3)cn(CC(=O)Nc3cccc(OC)c3)c2c1=O. The molecule has 0 spiro atoms. The molecule has 0 saturated heterocycles. The summed E-state index contributed by atoms with van der Waals surface area (Å²) in [6.45, 7) is 1.00. The Morgan fingerprint density at radius 1 is 1.06 bits per heavy atom. The van der Waals surface area contributed by atoms with Crippen molar-refractivity contribution in [3.8, 4) is 16.9 Å². The molecule has 2 heterocycles. The van der Waals surface area contributed by atoms with Gasteiger partial charge in [-0.25, -0.2) is 4.98 Å². The molecule has 0 atom stereocenters. The topological polar surface area (TPSA) is 87.4 Å². The fraction of sp³-hybridized carbons (Fsp3) is 0.240. The lowest BCUT2D eigenvalue weighted by Crippen LogP contribution is -2.25. The first kappa shape index (κ1) is 22.3. The van der Waals surface area contributed by atoms with Gasteiger partial charge in [-0.15, -0.1) is 0 Å². The minimum absolute atomic E-state index is 0.0282. The summed E-state index contributed by atoms with van der Waals surface area (Å²) >= 11 is 0. The highest BCUT2D eigenvalue weighted by Crippen LogP contribution is 2.27. The zero-order chi connectivity index (χ0) is 23.2. The molecule has 0 aliphatic rings. The van der Waals surface area contributed by atoms with Crippen LogP contribution in [0.4, 0.5) is 5.69 Å². The number of methoxy groups -OCH3 is 2. The Morgan fingerprint density at radius 3 is 2.64 bits per heavy atom. The summed E-state index contributed by atoms with van der Waals surface area (Å²) in [4.78, 5) is 30.8. The number of carbonyl (C=O) groups is 1. The molecule has 170 valence electrons. The molecule has 0 aliphatic carbocycles. The maximum absolute atomic E-state index is 13.3. The summed E-state index contributed by atoms with van der Waals surface area (Å²) in [5, 5.41) is 2.87. The van der Waals surface area contributed by atoms with Crippen molar-refractivity contribution in [2.24, 2.45) is 0 Å². The number of aryl methyl sites for hydroxylation is 1. The zero-order valence-corrected chi connectivity index (χ0v) is 18.7.